The van der Waals surface area contributed by atoms with Crippen LogP contribution in [0.25, 0.3) is 127 Å². The van der Waals surface area contributed by atoms with Crippen LogP contribution >= 0.6 is 0 Å². The quantitative estimate of drug-likeness (QED) is 0.174. The highest BCUT2D eigenvalue weighted by Crippen LogP contribution is 2.42. The van der Waals surface area contributed by atoms with Crippen molar-refractivity contribution in [2.75, 3.05) is 0 Å². The molecule has 0 atom stereocenters. The molecule has 4 aromatic heterocycles. The van der Waals surface area contributed by atoms with Crippen LogP contribution in [0, 0.1) is 0 Å². The molecular formula is C55H32N4O2. The van der Waals surface area contributed by atoms with Gasteiger partial charge in [-0.25, -0.2) is 15.0 Å². The number of benzene rings is 9. The number of para-hydroxylation sites is 4. The largest absolute Gasteiger partial charge is 0.456 e. The van der Waals surface area contributed by atoms with E-state index in [1.54, 1.807) is 0 Å². The van der Waals surface area contributed by atoms with Crippen LogP contribution in [-0.2, 0) is 0 Å². The molecule has 4 heterocycles. The second-order valence-corrected chi connectivity index (χ2v) is 15.6. The number of nitrogens with zero attached hydrogens (tertiary/aromatic N) is 4. The fourth-order valence-electron chi connectivity index (χ4n) is 9.19. The topological polar surface area (TPSA) is 69.9 Å². The zero-order valence-corrected chi connectivity index (χ0v) is 32.6. The highest BCUT2D eigenvalue weighted by Gasteiger charge is 2.23. The lowest BCUT2D eigenvalue weighted by atomic mass is 10.0. The molecule has 284 valence electrons. The first kappa shape index (κ1) is 33.6. The van der Waals surface area contributed by atoms with Crippen molar-refractivity contribution < 1.29 is 8.83 Å². The number of aromatic nitrogens is 4. The van der Waals surface area contributed by atoms with Crippen molar-refractivity contribution in [2.24, 2.45) is 0 Å². The van der Waals surface area contributed by atoms with Crippen LogP contribution in [-0.4, -0.2) is 19.5 Å². The fraction of sp³-hybridized carbons (Fsp3) is 0. The van der Waals surface area contributed by atoms with Crippen molar-refractivity contribution in [1.82, 2.24) is 19.5 Å². The molecule has 9 aromatic carbocycles. The van der Waals surface area contributed by atoms with Crippen LogP contribution in [0.4, 0.5) is 0 Å². The van der Waals surface area contributed by atoms with E-state index in [2.05, 4.69) is 144 Å². The average Bonchev–Trinajstić information content (AvgIpc) is 4.00. The molecule has 0 aliphatic heterocycles. The van der Waals surface area contributed by atoms with E-state index in [0.717, 1.165) is 88.4 Å². The predicted octanol–water partition coefficient (Wildman–Crippen LogP) is 14.6. The van der Waals surface area contributed by atoms with Crippen molar-refractivity contribution >= 4 is 76.5 Å². The van der Waals surface area contributed by atoms with Gasteiger partial charge in [0.15, 0.2) is 17.5 Å². The Kier molecular flexibility index (Phi) is 7.21. The Labute approximate surface area is 348 Å². The Morgan fingerprint density at radius 3 is 1.77 bits per heavy atom. The van der Waals surface area contributed by atoms with Gasteiger partial charge in [-0.05, 0) is 64.4 Å². The lowest BCUT2D eigenvalue weighted by Crippen LogP contribution is -2.02. The highest BCUT2D eigenvalue weighted by atomic mass is 16.3. The maximum Gasteiger partial charge on any atom is 0.167 e. The van der Waals surface area contributed by atoms with Gasteiger partial charge in [0.25, 0.3) is 0 Å². The van der Waals surface area contributed by atoms with Gasteiger partial charge < -0.3 is 13.4 Å². The molecular weight excluding hydrogens is 749 g/mol. The summed E-state index contributed by atoms with van der Waals surface area (Å²) in [5.74, 6) is 1.61. The van der Waals surface area contributed by atoms with E-state index >= 15 is 0 Å². The van der Waals surface area contributed by atoms with E-state index < -0.39 is 0 Å². The normalized spacial score (nSPS) is 11.9. The summed E-state index contributed by atoms with van der Waals surface area (Å²) in [5.41, 5.74) is 11.0. The third-order valence-electron chi connectivity index (χ3n) is 12.0. The van der Waals surface area contributed by atoms with Gasteiger partial charge in [-0.2, -0.15) is 0 Å². The van der Waals surface area contributed by atoms with Gasteiger partial charge in [0.1, 0.15) is 22.3 Å². The van der Waals surface area contributed by atoms with E-state index in [0.29, 0.717) is 17.5 Å². The van der Waals surface area contributed by atoms with Gasteiger partial charge >= 0.3 is 0 Å². The molecule has 13 aromatic rings. The molecule has 13 rings (SSSR count). The summed E-state index contributed by atoms with van der Waals surface area (Å²) >= 11 is 0. The SMILES string of the molecule is c1ccc(-c2ccc(-c3nc(-c4cccc5c4oc4ccccc45)nc(-c4cc(-n5c6ccccc6c6cc7ccccc7cc65)cc5oc6ccccc6c45)n3)cc2)cc1. The van der Waals surface area contributed by atoms with E-state index in [-0.39, 0.29) is 0 Å². The molecule has 6 heteroatoms. The van der Waals surface area contributed by atoms with Crippen molar-refractivity contribution in [1.29, 1.82) is 0 Å². The van der Waals surface area contributed by atoms with Crippen LogP contribution in [0.2, 0.25) is 0 Å². The summed E-state index contributed by atoms with van der Waals surface area (Å²) in [4.78, 5) is 15.9. The summed E-state index contributed by atoms with van der Waals surface area (Å²) in [7, 11) is 0. The first-order valence-electron chi connectivity index (χ1n) is 20.4. The zero-order valence-electron chi connectivity index (χ0n) is 32.6. The average molecular weight is 781 g/mol. The van der Waals surface area contributed by atoms with Crippen molar-refractivity contribution in [3.8, 4) is 51.0 Å². The molecule has 0 aliphatic carbocycles. The predicted molar refractivity (Wildman–Crippen MR) is 248 cm³/mol. The third kappa shape index (κ3) is 5.26. The molecule has 0 radical (unpaired) electrons. The second-order valence-electron chi connectivity index (χ2n) is 15.6. The number of furan rings is 2. The Morgan fingerprint density at radius 2 is 0.951 bits per heavy atom. The Morgan fingerprint density at radius 1 is 0.344 bits per heavy atom. The summed E-state index contributed by atoms with van der Waals surface area (Å²) in [6, 6.07) is 67.4. The van der Waals surface area contributed by atoms with Crippen LogP contribution in [0.15, 0.2) is 203 Å². The highest BCUT2D eigenvalue weighted by molar-refractivity contribution is 6.16. The maximum absolute atomic E-state index is 6.72. The maximum atomic E-state index is 6.72. The van der Waals surface area contributed by atoms with Crippen LogP contribution in [0.5, 0.6) is 0 Å². The molecule has 61 heavy (non-hydrogen) atoms. The minimum absolute atomic E-state index is 0.520. The van der Waals surface area contributed by atoms with Gasteiger partial charge in [0, 0.05) is 49.5 Å². The van der Waals surface area contributed by atoms with Crippen LogP contribution in [0.1, 0.15) is 0 Å². The molecule has 6 nitrogen and oxygen atoms in total. The summed E-state index contributed by atoms with van der Waals surface area (Å²) in [6.45, 7) is 0. The molecule has 0 saturated carbocycles. The number of fused-ring (bicyclic) bond motifs is 10. The third-order valence-corrected chi connectivity index (χ3v) is 12.0. The molecule has 0 saturated heterocycles. The standard InChI is InChI=1S/C55H32N4O2/c1-2-13-33(14-3-1)34-25-27-35(28-26-34)53-56-54(43-21-12-20-41-40-18-7-10-23-48(40)61-52(41)43)58-55(57-53)45-31-38(32-50-51(45)42-19-8-11-24-49(42)60-50)59-46-22-9-6-17-39(46)44-29-36-15-4-5-16-37(36)30-47(44)59/h1-32H. The zero-order chi connectivity index (χ0) is 40.0. The molecule has 0 spiro atoms. The Bertz CT molecular complexity index is 3880. The fourth-order valence-corrected chi connectivity index (χ4v) is 9.19. The number of hydrogen-bond acceptors (Lipinski definition) is 5. The lowest BCUT2D eigenvalue weighted by Gasteiger charge is -2.13. The minimum atomic E-state index is 0.520. The molecule has 0 bridgehead atoms. The van der Waals surface area contributed by atoms with E-state index in [1.165, 1.54) is 21.5 Å². The van der Waals surface area contributed by atoms with Gasteiger partial charge in [-0.3, -0.25) is 0 Å². The molecule has 0 aliphatic rings. The summed E-state index contributed by atoms with van der Waals surface area (Å²) < 4.78 is 15.6. The molecule has 0 fully saturated rings. The first-order valence-corrected chi connectivity index (χ1v) is 20.4. The van der Waals surface area contributed by atoms with Gasteiger partial charge in [-0.15, -0.1) is 0 Å². The van der Waals surface area contributed by atoms with E-state index in [4.69, 9.17) is 23.8 Å². The smallest absolute Gasteiger partial charge is 0.167 e. The number of rotatable bonds is 5. The number of hydrogen-bond donors (Lipinski definition) is 0. The van der Waals surface area contributed by atoms with Crippen LogP contribution in [0.3, 0.4) is 0 Å². The first-order chi connectivity index (χ1) is 30.2. The van der Waals surface area contributed by atoms with Gasteiger partial charge in [-0.1, -0.05) is 146 Å². The van der Waals surface area contributed by atoms with Crippen molar-refractivity contribution in [3.05, 3.63) is 194 Å². The van der Waals surface area contributed by atoms with Gasteiger partial charge in [0.2, 0.25) is 0 Å². The lowest BCUT2D eigenvalue weighted by molar-refractivity contribution is 0.668. The second kappa shape index (κ2) is 13.1. The van der Waals surface area contributed by atoms with Crippen LogP contribution < -0.4 is 0 Å². The van der Waals surface area contributed by atoms with Gasteiger partial charge in [0.05, 0.1) is 22.3 Å². The van der Waals surface area contributed by atoms with Crippen molar-refractivity contribution in [2.45, 2.75) is 0 Å². The Balaban J connectivity index is 1.11. The van der Waals surface area contributed by atoms with E-state index in [1.807, 2.05) is 54.6 Å². The summed E-state index contributed by atoms with van der Waals surface area (Å²) in [6.07, 6.45) is 0. The molecule has 0 amide bonds. The Hall–Kier alpha value is -8.35. The molecule has 0 N–H and O–H groups in total. The van der Waals surface area contributed by atoms with E-state index in [9.17, 15) is 0 Å². The monoisotopic (exact) mass is 780 g/mol. The summed E-state index contributed by atoms with van der Waals surface area (Å²) in [5, 5.41) is 8.72. The minimum Gasteiger partial charge on any atom is -0.456 e. The molecule has 0 unspecified atom stereocenters. The van der Waals surface area contributed by atoms with Crippen molar-refractivity contribution in [3.63, 3.8) is 0 Å².